The zero-order valence-electron chi connectivity index (χ0n) is 12.5. The number of rotatable bonds is 4. The lowest BCUT2D eigenvalue weighted by atomic mass is 9.95. The molecule has 0 unspecified atom stereocenters. The molecule has 0 spiro atoms. The van der Waals surface area contributed by atoms with Crippen LogP contribution in [0.15, 0.2) is 18.2 Å². The minimum atomic E-state index is -0.500. The highest BCUT2D eigenvalue weighted by Crippen LogP contribution is 2.28. The second-order valence-corrected chi connectivity index (χ2v) is 5.37. The lowest BCUT2D eigenvalue weighted by molar-refractivity contribution is -0.125. The molecule has 1 atom stereocenters. The Morgan fingerprint density at radius 3 is 2.86 bits per heavy atom. The minimum Gasteiger partial charge on any atom is -0.370 e. The molecule has 1 heterocycles. The number of carbonyl (C=O) groups excluding carboxylic acids is 2. The standard InChI is InChI=1S/C16H21FN2O2/c1-3-18-16(21)12-6-5-9-19(10-12)14-8-4-7-13(17)15(14)11(2)20/h4,7-8,12H,3,5-6,9-10H2,1-2H3,(H,18,21)/t12-/m1/s1. The van der Waals surface area contributed by atoms with E-state index in [1.54, 1.807) is 12.1 Å². The van der Waals surface area contributed by atoms with Crippen molar-refractivity contribution < 1.29 is 14.0 Å². The molecule has 1 aliphatic heterocycles. The van der Waals surface area contributed by atoms with Gasteiger partial charge in [0.15, 0.2) is 5.78 Å². The number of Topliss-reactive ketones (excluding diaryl/α,β-unsaturated/α-hetero) is 1. The SMILES string of the molecule is CCNC(=O)[C@@H]1CCCN(c2cccc(F)c2C(C)=O)C1. The second-order valence-electron chi connectivity index (χ2n) is 5.37. The number of hydrogen-bond donors (Lipinski definition) is 1. The Hall–Kier alpha value is -1.91. The zero-order chi connectivity index (χ0) is 15.4. The first-order valence-electron chi connectivity index (χ1n) is 7.36. The van der Waals surface area contributed by atoms with Crippen LogP contribution in [0.25, 0.3) is 0 Å². The molecule has 2 rings (SSSR count). The van der Waals surface area contributed by atoms with Gasteiger partial charge in [0, 0.05) is 19.6 Å². The Morgan fingerprint density at radius 1 is 1.43 bits per heavy atom. The van der Waals surface area contributed by atoms with Gasteiger partial charge in [0.25, 0.3) is 0 Å². The highest BCUT2D eigenvalue weighted by molar-refractivity contribution is 6.00. The van der Waals surface area contributed by atoms with E-state index in [-0.39, 0.29) is 23.2 Å². The summed E-state index contributed by atoms with van der Waals surface area (Å²) in [5, 5.41) is 2.83. The van der Waals surface area contributed by atoms with Gasteiger partial charge in [0.2, 0.25) is 5.91 Å². The minimum absolute atomic E-state index is 0.0305. The van der Waals surface area contributed by atoms with Crippen LogP contribution in [0.4, 0.5) is 10.1 Å². The molecule has 0 aromatic heterocycles. The van der Waals surface area contributed by atoms with Crippen LogP contribution in [-0.4, -0.2) is 31.3 Å². The van der Waals surface area contributed by atoms with Gasteiger partial charge in [-0.3, -0.25) is 9.59 Å². The topological polar surface area (TPSA) is 49.4 Å². The van der Waals surface area contributed by atoms with E-state index in [4.69, 9.17) is 0 Å². The molecule has 0 aliphatic carbocycles. The fourth-order valence-electron chi connectivity index (χ4n) is 2.85. The third kappa shape index (κ3) is 3.40. The molecule has 1 amide bonds. The van der Waals surface area contributed by atoms with E-state index in [2.05, 4.69) is 5.32 Å². The molecule has 114 valence electrons. The van der Waals surface area contributed by atoms with Crippen LogP contribution < -0.4 is 10.2 Å². The van der Waals surface area contributed by atoms with Crippen LogP contribution in [0.2, 0.25) is 0 Å². The van der Waals surface area contributed by atoms with Gasteiger partial charge in [0.05, 0.1) is 17.2 Å². The number of hydrogen-bond acceptors (Lipinski definition) is 3. The van der Waals surface area contributed by atoms with E-state index in [1.165, 1.54) is 13.0 Å². The van der Waals surface area contributed by atoms with Gasteiger partial charge in [-0.25, -0.2) is 4.39 Å². The number of benzene rings is 1. The first-order chi connectivity index (χ1) is 10.0. The van der Waals surface area contributed by atoms with Crippen LogP contribution in [0.5, 0.6) is 0 Å². The van der Waals surface area contributed by atoms with Crippen molar-refractivity contribution in [1.82, 2.24) is 5.32 Å². The molecule has 0 radical (unpaired) electrons. The molecule has 0 bridgehead atoms. The van der Waals surface area contributed by atoms with E-state index >= 15 is 0 Å². The Kier molecular flexibility index (Phi) is 4.94. The van der Waals surface area contributed by atoms with Gasteiger partial charge in [-0.1, -0.05) is 6.07 Å². The number of piperidine rings is 1. The monoisotopic (exact) mass is 292 g/mol. The third-order valence-corrected chi connectivity index (χ3v) is 3.83. The molecule has 5 heteroatoms. The lowest BCUT2D eigenvalue weighted by Gasteiger charge is -2.34. The molecule has 1 aromatic rings. The molecular weight excluding hydrogens is 271 g/mol. The van der Waals surface area contributed by atoms with Gasteiger partial charge in [-0.15, -0.1) is 0 Å². The summed E-state index contributed by atoms with van der Waals surface area (Å²) >= 11 is 0. The Balaban J connectivity index is 2.24. The van der Waals surface area contributed by atoms with E-state index in [0.29, 0.717) is 18.8 Å². The summed E-state index contributed by atoms with van der Waals surface area (Å²) in [7, 11) is 0. The molecule has 1 saturated heterocycles. The number of carbonyl (C=O) groups is 2. The number of ketones is 1. The molecule has 1 aromatic carbocycles. The summed E-state index contributed by atoms with van der Waals surface area (Å²) in [5.41, 5.74) is 0.713. The predicted molar refractivity (Wildman–Crippen MR) is 80.0 cm³/mol. The van der Waals surface area contributed by atoms with Crippen molar-refractivity contribution in [2.75, 3.05) is 24.5 Å². The molecule has 1 N–H and O–H groups in total. The van der Waals surface area contributed by atoms with Crippen LogP contribution in [0.3, 0.4) is 0 Å². The van der Waals surface area contributed by atoms with Gasteiger partial charge in [-0.05, 0) is 38.8 Å². The first-order valence-corrected chi connectivity index (χ1v) is 7.36. The maximum Gasteiger partial charge on any atom is 0.224 e. The first kappa shape index (κ1) is 15.5. The summed E-state index contributed by atoms with van der Waals surface area (Å²) in [5.74, 6) is -0.867. The van der Waals surface area contributed by atoms with Crippen molar-refractivity contribution in [3.05, 3.63) is 29.6 Å². The molecule has 4 nitrogen and oxygen atoms in total. The number of halogens is 1. The van der Waals surface area contributed by atoms with E-state index in [9.17, 15) is 14.0 Å². The number of anilines is 1. The Labute approximate surface area is 124 Å². The quantitative estimate of drug-likeness (QED) is 0.867. The summed E-state index contributed by atoms with van der Waals surface area (Å²) in [6, 6.07) is 4.65. The van der Waals surface area contributed by atoms with Crippen LogP contribution in [0.1, 0.15) is 37.0 Å². The maximum absolute atomic E-state index is 13.9. The largest absolute Gasteiger partial charge is 0.370 e. The fourth-order valence-corrected chi connectivity index (χ4v) is 2.85. The Morgan fingerprint density at radius 2 is 2.19 bits per heavy atom. The number of nitrogens with one attached hydrogen (secondary N) is 1. The highest BCUT2D eigenvalue weighted by atomic mass is 19.1. The summed E-state index contributed by atoms with van der Waals surface area (Å²) < 4.78 is 13.9. The predicted octanol–water partition coefficient (Wildman–Crippen LogP) is 2.38. The zero-order valence-corrected chi connectivity index (χ0v) is 12.5. The summed E-state index contributed by atoms with van der Waals surface area (Å²) in [4.78, 5) is 25.6. The van der Waals surface area contributed by atoms with Crippen molar-refractivity contribution in [3.63, 3.8) is 0 Å². The van der Waals surface area contributed by atoms with Crippen LogP contribution in [-0.2, 0) is 4.79 Å². The molecule has 1 fully saturated rings. The van der Waals surface area contributed by atoms with E-state index < -0.39 is 5.82 Å². The molecular formula is C16H21FN2O2. The smallest absolute Gasteiger partial charge is 0.224 e. The van der Waals surface area contributed by atoms with Gasteiger partial charge in [0.1, 0.15) is 5.82 Å². The van der Waals surface area contributed by atoms with Gasteiger partial charge >= 0.3 is 0 Å². The molecule has 21 heavy (non-hydrogen) atoms. The highest BCUT2D eigenvalue weighted by Gasteiger charge is 2.28. The van der Waals surface area contributed by atoms with Crippen molar-refractivity contribution in [2.45, 2.75) is 26.7 Å². The number of amides is 1. The van der Waals surface area contributed by atoms with Crippen molar-refractivity contribution >= 4 is 17.4 Å². The van der Waals surface area contributed by atoms with Crippen LogP contribution in [0, 0.1) is 11.7 Å². The fraction of sp³-hybridized carbons (Fsp3) is 0.500. The summed E-state index contributed by atoms with van der Waals surface area (Å²) in [6.45, 7) is 5.12. The average Bonchev–Trinajstić information content (AvgIpc) is 2.47. The van der Waals surface area contributed by atoms with E-state index in [0.717, 1.165) is 19.4 Å². The van der Waals surface area contributed by atoms with E-state index in [1.807, 2.05) is 11.8 Å². The van der Waals surface area contributed by atoms with Crippen molar-refractivity contribution in [3.8, 4) is 0 Å². The Bertz CT molecular complexity index is 545. The van der Waals surface area contributed by atoms with Gasteiger partial charge < -0.3 is 10.2 Å². The lowest BCUT2D eigenvalue weighted by Crippen LogP contribution is -2.43. The second kappa shape index (κ2) is 6.70. The van der Waals surface area contributed by atoms with Crippen molar-refractivity contribution in [2.24, 2.45) is 5.92 Å². The maximum atomic E-state index is 13.9. The summed E-state index contributed by atoms with van der Waals surface area (Å²) in [6.07, 6.45) is 1.68. The van der Waals surface area contributed by atoms with Crippen molar-refractivity contribution in [1.29, 1.82) is 0 Å². The van der Waals surface area contributed by atoms with Gasteiger partial charge in [-0.2, -0.15) is 0 Å². The average molecular weight is 292 g/mol. The molecule has 1 aliphatic rings. The molecule has 0 saturated carbocycles. The number of nitrogens with zero attached hydrogens (tertiary/aromatic N) is 1. The van der Waals surface area contributed by atoms with Crippen LogP contribution >= 0.6 is 0 Å². The normalized spacial score (nSPS) is 18.4. The third-order valence-electron chi connectivity index (χ3n) is 3.83.